The third-order valence-electron chi connectivity index (χ3n) is 8.89. The number of aromatic hydroxyl groups is 2. The van der Waals surface area contributed by atoms with E-state index in [9.17, 15) is 19.8 Å². The standard InChI is InChI=1S/C37H48N4O9/c1-27-32(42)22-33(43)34(35(27)50-26-28-5-3-2-4-6-28)36(44)41-24-30-8-7-29(21-31(30)25-41)23-40-12-10-39(11-13-40)14-16-48-18-20-49-19-17-47-15-9-38-37(45)46/h2-8,21-22,38,42-43H,9-20,23-26H2,1H3,(H,45,46). The van der Waals surface area contributed by atoms with E-state index in [4.69, 9.17) is 24.1 Å². The van der Waals surface area contributed by atoms with Gasteiger partial charge in [0.2, 0.25) is 0 Å². The van der Waals surface area contributed by atoms with Crippen molar-refractivity contribution < 1.29 is 43.9 Å². The molecule has 0 saturated carbocycles. The Hall–Kier alpha value is -4.40. The van der Waals surface area contributed by atoms with Crippen molar-refractivity contribution in [3.05, 3.63) is 88.0 Å². The SMILES string of the molecule is Cc1c(O)cc(O)c(C(=O)N2Cc3ccc(CN4CCN(CCOCCOCCOCCNC(=O)O)CC4)cc3C2)c1OCc1ccccc1. The Bertz CT molecular complexity index is 1560. The van der Waals surface area contributed by atoms with E-state index in [2.05, 4.69) is 33.3 Å². The van der Waals surface area contributed by atoms with E-state index >= 15 is 0 Å². The van der Waals surface area contributed by atoms with Gasteiger partial charge in [-0.15, -0.1) is 0 Å². The molecule has 1 saturated heterocycles. The van der Waals surface area contributed by atoms with Crippen LogP contribution in [0.3, 0.4) is 0 Å². The van der Waals surface area contributed by atoms with Crippen molar-refractivity contribution in [2.75, 3.05) is 78.9 Å². The Labute approximate surface area is 292 Å². The highest BCUT2D eigenvalue weighted by Gasteiger charge is 2.31. The van der Waals surface area contributed by atoms with Crippen LogP contribution < -0.4 is 10.1 Å². The smallest absolute Gasteiger partial charge is 0.404 e. The normalized spacial score (nSPS) is 14.9. The van der Waals surface area contributed by atoms with Crippen molar-refractivity contribution in [3.8, 4) is 17.2 Å². The fourth-order valence-corrected chi connectivity index (χ4v) is 6.09. The number of hydrogen-bond acceptors (Lipinski definition) is 10. The molecule has 2 heterocycles. The second-order valence-electron chi connectivity index (χ2n) is 12.5. The number of benzene rings is 3. The van der Waals surface area contributed by atoms with Crippen LogP contribution in [-0.4, -0.2) is 121 Å². The van der Waals surface area contributed by atoms with Crippen molar-refractivity contribution in [1.29, 1.82) is 0 Å². The molecule has 270 valence electrons. The molecule has 0 bridgehead atoms. The molecule has 50 heavy (non-hydrogen) atoms. The van der Waals surface area contributed by atoms with Crippen LogP contribution in [-0.2, 0) is 40.5 Å². The number of rotatable bonds is 18. The number of nitrogens with one attached hydrogen (secondary N) is 1. The summed E-state index contributed by atoms with van der Waals surface area (Å²) < 4.78 is 22.5. The number of carboxylic acid groups (broad SMARTS) is 1. The van der Waals surface area contributed by atoms with Gasteiger partial charge in [-0.25, -0.2) is 4.79 Å². The lowest BCUT2D eigenvalue weighted by atomic mass is 10.1. The second kappa shape index (κ2) is 18.6. The molecule has 0 aromatic heterocycles. The summed E-state index contributed by atoms with van der Waals surface area (Å²) in [6.07, 6.45) is -1.06. The van der Waals surface area contributed by atoms with Crippen LogP contribution in [0.1, 0.15) is 38.2 Å². The van der Waals surface area contributed by atoms with Gasteiger partial charge in [0.15, 0.2) is 0 Å². The van der Waals surface area contributed by atoms with Crippen LogP contribution in [0.2, 0.25) is 0 Å². The molecule has 0 unspecified atom stereocenters. The van der Waals surface area contributed by atoms with Crippen LogP contribution in [0.4, 0.5) is 4.79 Å². The van der Waals surface area contributed by atoms with Crippen LogP contribution in [0.5, 0.6) is 17.2 Å². The molecule has 5 rings (SSSR count). The zero-order valence-electron chi connectivity index (χ0n) is 28.6. The number of phenols is 2. The van der Waals surface area contributed by atoms with Gasteiger partial charge in [-0.3, -0.25) is 14.6 Å². The zero-order valence-corrected chi connectivity index (χ0v) is 28.6. The Kier molecular flexibility index (Phi) is 13.7. The molecular formula is C37H48N4O9. The summed E-state index contributed by atoms with van der Waals surface area (Å²) in [4.78, 5) is 30.7. The maximum atomic E-state index is 13.8. The highest BCUT2D eigenvalue weighted by Crippen LogP contribution is 2.40. The molecule has 0 aliphatic carbocycles. The van der Waals surface area contributed by atoms with Gasteiger partial charge in [0.05, 0.1) is 39.6 Å². The predicted molar refractivity (Wildman–Crippen MR) is 186 cm³/mol. The summed E-state index contributed by atoms with van der Waals surface area (Å²) in [5.74, 6) is -0.580. The summed E-state index contributed by atoms with van der Waals surface area (Å²) in [5, 5.41) is 31.9. The van der Waals surface area contributed by atoms with E-state index in [1.54, 1.807) is 11.8 Å². The van der Waals surface area contributed by atoms with Gasteiger partial charge in [-0.2, -0.15) is 0 Å². The minimum atomic E-state index is -1.06. The fraction of sp³-hybridized carbons (Fsp3) is 0.459. The van der Waals surface area contributed by atoms with Gasteiger partial charge in [-0.1, -0.05) is 48.5 Å². The average molecular weight is 693 g/mol. The molecule has 2 aliphatic heterocycles. The fourth-order valence-electron chi connectivity index (χ4n) is 6.09. The van der Waals surface area contributed by atoms with E-state index < -0.39 is 6.09 Å². The number of amides is 2. The predicted octanol–water partition coefficient (Wildman–Crippen LogP) is 3.58. The molecule has 0 spiro atoms. The molecule has 2 amide bonds. The van der Waals surface area contributed by atoms with Crippen molar-refractivity contribution >= 4 is 12.0 Å². The van der Waals surface area contributed by atoms with Crippen LogP contribution >= 0.6 is 0 Å². The number of fused-ring (bicyclic) bond motifs is 1. The van der Waals surface area contributed by atoms with Crippen LogP contribution in [0.25, 0.3) is 0 Å². The summed E-state index contributed by atoms with van der Waals surface area (Å²) in [5.41, 5.74) is 4.76. The molecule has 3 aromatic rings. The van der Waals surface area contributed by atoms with Gasteiger partial charge < -0.3 is 44.5 Å². The van der Waals surface area contributed by atoms with Crippen molar-refractivity contribution in [1.82, 2.24) is 20.0 Å². The van der Waals surface area contributed by atoms with E-state index in [1.165, 1.54) is 11.6 Å². The molecular weight excluding hydrogens is 644 g/mol. The first-order chi connectivity index (χ1) is 24.3. The molecule has 13 heteroatoms. The Balaban J connectivity index is 1.02. The lowest BCUT2D eigenvalue weighted by Crippen LogP contribution is -2.46. The number of hydrogen-bond donors (Lipinski definition) is 4. The third kappa shape index (κ3) is 10.6. The largest absolute Gasteiger partial charge is 0.507 e. The number of phenolic OH excluding ortho intramolecular Hbond substituents is 2. The molecule has 2 aliphatic rings. The minimum absolute atomic E-state index is 0.0624. The summed E-state index contributed by atoms with van der Waals surface area (Å²) in [7, 11) is 0. The number of carbonyl (C=O) groups excluding carboxylic acids is 1. The monoisotopic (exact) mass is 692 g/mol. The zero-order chi connectivity index (χ0) is 35.3. The first kappa shape index (κ1) is 36.9. The number of nitrogens with zero attached hydrogens (tertiary/aromatic N) is 3. The highest BCUT2D eigenvalue weighted by atomic mass is 16.5. The lowest BCUT2D eigenvalue weighted by Gasteiger charge is -2.34. The second-order valence-corrected chi connectivity index (χ2v) is 12.5. The van der Waals surface area contributed by atoms with Crippen molar-refractivity contribution in [2.45, 2.75) is 33.2 Å². The third-order valence-corrected chi connectivity index (χ3v) is 8.89. The van der Waals surface area contributed by atoms with Crippen LogP contribution in [0, 0.1) is 6.92 Å². The van der Waals surface area contributed by atoms with Crippen LogP contribution in [0.15, 0.2) is 54.6 Å². The molecule has 3 aromatic carbocycles. The van der Waals surface area contributed by atoms with E-state index in [0.29, 0.717) is 58.3 Å². The van der Waals surface area contributed by atoms with Gasteiger partial charge >= 0.3 is 6.09 Å². The van der Waals surface area contributed by atoms with Crippen molar-refractivity contribution in [3.63, 3.8) is 0 Å². The molecule has 13 nitrogen and oxygen atoms in total. The lowest BCUT2D eigenvalue weighted by molar-refractivity contribution is 0.00828. The van der Waals surface area contributed by atoms with E-state index in [-0.39, 0.29) is 41.9 Å². The maximum Gasteiger partial charge on any atom is 0.404 e. The van der Waals surface area contributed by atoms with Gasteiger partial charge in [-0.05, 0) is 29.2 Å². The average Bonchev–Trinajstić information content (AvgIpc) is 3.54. The Morgan fingerprint density at radius 2 is 1.42 bits per heavy atom. The topological polar surface area (TPSA) is 154 Å². The summed E-state index contributed by atoms with van der Waals surface area (Å²) in [6, 6.07) is 17.2. The maximum absolute atomic E-state index is 13.8. The molecule has 0 atom stereocenters. The number of piperazine rings is 1. The molecule has 0 radical (unpaired) electrons. The number of ether oxygens (including phenoxy) is 4. The molecule has 4 N–H and O–H groups in total. The Morgan fingerprint density at radius 1 is 0.760 bits per heavy atom. The first-order valence-corrected chi connectivity index (χ1v) is 17.1. The Morgan fingerprint density at radius 3 is 2.14 bits per heavy atom. The van der Waals surface area contributed by atoms with Crippen molar-refractivity contribution in [2.24, 2.45) is 0 Å². The van der Waals surface area contributed by atoms with E-state index in [1.807, 2.05) is 30.3 Å². The number of carbonyl (C=O) groups is 2. The summed E-state index contributed by atoms with van der Waals surface area (Å²) >= 11 is 0. The van der Waals surface area contributed by atoms with E-state index in [0.717, 1.165) is 56.0 Å². The minimum Gasteiger partial charge on any atom is -0.507 e. The van der Waals surface area contributed by atoms with Gasteiger partial charge in [0.1, 0.15) is 29.4 Å². The highest BCUT2D eigenvalue weighted by molar-refractivity contribution is 6.00. The first-order valence-electron chi connectivity index (χ1n) is 17.1. The van der Waals surface area contributed by atoms with Gasteiger partial charge in [0.25, 0.3) is 5.91 Å². The quantitative estimate of drug-likeness (QED) is 0.145. The molecule has 1 fully saturated rings. The summed E-state index contributed by atoms with van der Waals surface area (Å²) in [6.45, 7) is 11.3. The van der Waals surface area contributed by atoms with Gasteiger partial charge in [0, 0.05) is 70.5 Å².